The second-order valence-corrected chi connectivity index (χ2v) is 4.74. The van der Waals surface area contributed by atoms with E-state index in [1.165, 1.54) is 6.42 Å². The molecular formula is C11H18N4O. The molecule has 0 saturated carbocycles. The summed E-state index contributed by atoms with van der Waals surface area (Å²) in [7, 11) is 0. The molecule has 3 aliphatic heterocycles. The lowest BCUT2D eigenvalue weighted by Gasteiger charge is -2.35. The van der Waals surface area contributed by atoms with Crippen LogP contribution in [0.1, 0.15) is 25.7 Å². The minimum absolute atomic E-state index is 0.0833. The molecule has 0 aliphatic carbocycles. The van der Waals surface area contributed by atoms with E-state index in [2.05, 4.69) is 10.1 Å². The number of fused-ring (bicyclic) bond motifs is 1. The van der Waals surface area contributed by atoms with Crippen LogP contribution >= 0.6 is 0 Å². The van der Waals surface area contributed by atoms with E-state index >= 15 is 0 Å². The highest BCUT2D eigenvalue weighted by Gasteiger charge is 2.38. The van der Waals surface area contributed by atoms with Crippen LogP contribution < -0.4 is 5.73 Å². The van der Waals surface area contributed by atoms with E-state index in [1.807, 2.05) is 17.4 Å². The third-order valence-corrected chi connectivity index (χ3v) is 3.47. The topological polar surface area (TPSA) is 63.2 Å². The van der Waals surface area contributed by atoms with Crippen LogP contribution in [0, 0.1) is 5.92 Å². The lowest BCUT2D eigenvalue weighted by atomic mass is 9.96. The predicted octanol–water partition coefficient (Wildman–Crippen LogP) is 0.558. The lowest BCUT2D eigenvalue weighted by Crippen LogP contribution is -2.45. The number of aliphatic imine (C=N–C) groups is 1. The summed E-state index contributed by atoms with van der Waals surface area (Å²) in [6.45, 7) is 0.845. The summed E-state index contributed by atoms with van der Waals surface area (Å²) < 4.78 is 5.74. The van der Waals surface area contributed by atoms with Gasteiger partial charge in [0.1, 0.15) is 12.4 Å². The number of hydrogen-bond acceptors (Lipinski definition) is 5. The first-order chi connectivity index (χ1) is 7.84. The van der Waals surface area contributed by atoms with Crippen molar-refractivity contribution in [3.8, 4) is 0 Å². The normalized spacial score (nSPS) is 42.4. The molecule has 0 aromatic rings. The van der Waals surface area contributed by atoms with E-state index < -0.39 is 0 Å². The zero-order valence-corrected chi connectivity index (χ0v) is 9.33. The quantitative estimate of drug-likeness (QED) is 0.705. The van der Waals surface area contributed by atoms with Crippen molar-refractivity contribution in [3.05, 3.63) is 0 Å². The maximum Gasteiger partial charge on any atom is 0.148 e. The number of hydrazone groups is 1. The van der Waals surface area contributed by atoms with Gasteiger partial charge >= 0.3 is 0 Å². The van der Waals surface area contributed by atoms with Crippen LogP contribution in [-0.4, -0.2) is 42.5 Å². The van der Waals surface area contributed by atoms with E-state index in [-0.39, 0.29) is 18.4 Å². The number of nitrogens with two attached hydrogens (primary N) is 1. The van der Waals surface area contributed by atoms with Gasteiger partial charge in [-0.1, -0.05) is 0 Å². The van der Waals surface area contributed by atoms with Gasteiger partial charge in [-0.3, -0.25) is 4.99 Å². The van der Waals surface area contributed by atoms with E-state index in [1.54, 1.807) is 0 Å². The number of rotatable bonds is 1. The SMILES string of the molecule is NC1C=NC2C(C=NN2C2CCCCO2)C1. The summed E-state index contributed by atoms with van der Waals surface area (Å²) in [5.41, 5.74) is 5.85. The van der Waals surface area contributed by atoms with Crippen LogP contribution in [-0.2, 0) is 4.74 Å². The second-order valence-electron chi connectivity index (χ2n) is 4.74. The maximum atomic E-state index is 5.85. The van der Waals surface area contributed by atoms with Crippen molar-refractivity contribution in [2.45, 2.75) is 44.1 Å². The fourth-order valence-corrected chi connectivity index (χ4v) is 2.62. The molecule has 0 aromatic carbocycles. The van der Waals surface area contributed by atoms with Gasteiger partial charge in [0.25, 0.3) is 0 Å². The molecule has 0 radical (unpaired) electrons. The average molecular weight is 222 g/mol. The van der Waals surface area contributed by atoms with Gasteiger partial charge in [0.05, 0.1) is 0 Å². The molecule has 4 unspecified atom stereocenters. The predicted molar refractivity (Wildman–Crippen MR) is 62.3 cm³/mol. The molecule has 0 aromatic heterocycles. The molecule has 4 atom stereocenters. The van der Waals surface area contributed by atoms with E-state index in [0.717, 1.165) is 25.9 Å². The van der Waals surface area contributed by atoms with Crippen LogP contribution in [0.5, 0.6) is 0 Å². The zero-order chi connectivity index (χ0) is 11.0. The van der Waals surface area contributed by atoms with Gasteiger partial charge < -0.3 is 10.5 Å². The number of hydrogen-bond donors (Lipinski definition) is 1. The largest absolute Gasteiger partial charge is 0.357 e. The summed E-state index contributed by atoms with van der Waals surface area (Å²) in [6, 6.07) is 0.0833. The minimum Gasteiger partial charge on any atom is -0.357 e. The van der Waals surface area contributed by atoms with Gasteiger partial charge in [0, 0.05) is 31.0 Å². The minimum atomic E-state index is 0.0833. The van der Waals surface area contributed by atoms with Crippen LogP contribution in [0.2, 0.25) is 0 Å². The second kappa shape index (κ2) is 4.14. The molecule has 5 heteroatoms. The van der Waals surface area contributed by atoms with E-state index in [4.69, 9.17) is 10.5 Å². The Kier molecular flexibility index (Phi) is 2.65. The van der Waals surface area contributed by atoms with E-state index in [9.17, 15) is 0 Å². The molecule has 1 fully saturated rings. The summed E-state index contributed by atoms with van der Waals surface area (Å²) in [4.78, 5) is 4.50. The highest BCUT2D eigenvalue weighted by atomic mass is 16.5. The van der Waals surface area contributed by atoms with Crippen molar-refractivity contribution in [1.29, 1.82) is 0 Å². The standard InChI is InChI=1S/C11H18N4O/c12-9-5-8-6-14-15(11(8)13-7-9)10-3-1-2-4-16-10/h6-11H,1-5,12H2. The van der Waals surface area contributed by atoms with Crippen molar-refractivity contribution < 1.29 is 4.74 Å². The third-order valence-electron chi connectivity index (χ3n) is 3.47. The first-order valence-corrected chi connectivity index (χ1v) is 6.07. The molecule has 1 saturated heterocycles. The molecule has 3 rings (SSSR count). The molecule has 2 N–H and O–H groups in total. The van der Waals surface area contributed by atoms with Crippen LogP contribution in [0.15, 0.2) is 10.1 Å². The van der Waals surface area contributed by atoms with E-state index in [0.29, 0.717) is 5.92 Å². The maximum absolute atomic E-state index is 5.85. The Morgan fingerprint density at radius 1 is 1.31 bits per heavy atom. The van der Waals surface area contributed by atoms with Crippen molar-refractivity contribution in [1.82, 2.24) is 5.01 Å². The van der Waals surface area contributed by atoms with Gasteiger partial charge in [0.15, 0.2) is 0 Å². The van der Waals surface area contributed by atoms with Crippen LogP contribution in [0.25, 0.3) is 0 Å². The van der Waals surface area contributed by atoms with Crippen molar-refractivity contribution in [3.63, 3.8) is 0 Å². The molecule has 0 bridgehead atoms. The van der Waals surface area contributed by atoms with Gasteiger partial charge in [-0.25, -0.2) is 5.01 Å². The molecule has 0 amide bonds. The summed E-state index contributed by atoms with van der Waals surface area (Å²) >= 11 is 0. The molecule has 16 heavy (non-hydrogen) atoms. The summed E-state index contributed by atoms with van der Waals surface area (Å²) in [5, 5.41) is 6.47. The van der Waals surface area contributed by atoms with Crippen molar-refractivity contribution in [2.75, 3.05) is 6.61 Å². The highest BCUT2D eigenvalue weighted by Crippen LogP contribution is 2.30. The Hall–Kier alpha value is -0.940. The Labute approximate surface area is 95.3 Å². The molecular weight excluding hydrogens is 204 g/mol. The molecule has 3 aliphatic rings. The average Bonchev–Trinajstić information content (AvgIpc) is 2.73. The van der Waals surface area contributed by atoms with Crippen molar-refractivity contribution in [2.24, 2.45) is 21.7 Å². The van der Waals surface area contributed by atoms with Crippen molar-refractivity contribution >= 4 is 12.4 Å². The first-order valence-electron chi connectivity index (χ1n) is 6.07. The molecule has 5 nitrogen and oxygen atoms in total. The van der Waals surface area contributed by atoms with Crippen LogP contribution in [0.3, 0.4) is 0 Å². The Bertz CT molecular complexity index is 311. The van der Waals surface area contributed by atoms with Gasteiger partial charge in [-0.15, -0.1) is 0 Å². The van der Waals surface area contributed by atoms with Gasteiger partial charge in [0.2, 0.25) is 0 Å². The monoisotopic (exact) mass is 222 g/mol. The van der Waals surface area contributed by atoms with Crippen LogP contribution in [0.4, 0.5) is 0 Å². The smallest absolute Gasteiger partial charge is 0.148 e. The molecule has 0 spiro atoms. The molecule has 88 valence electrons. The van der Waals surface area contributed by atoms with Gasteiger partial charge in [-0.2, -0.15) is 5.10 Å². The Morgan fingerprint density at radius 2 is 2.25 bits per heavy atom. The Morgan fingerprint density at radius 3 is 3.06 bits per heavy atom. The first kappa shape index (κ1) is 10.2. The fraction of sp³-hybridized carbons (Fsp3) is 0.818. The fourth-order valence-electron chi connectivity index (χ4n) is 2.62. The summed E-state index contributed by atoms with van der Waals surface area (Å²) in [5.74, 6) is 0.366. The third kappa shape index (κ3) is 1.74. The number of ether oxygens (including phenoxy) is 1. The molecule has 3 heterocycles. The summed E-state index contributed by atoms with van der Waals surface area (Å²) in [6.07, 6.45) is 8.47. The van der Waals surface area contributed by atoms with Gasteiger partial charge in [-0.05, 0) is 25.7 Å². The lowest BCUT2D eigenvalue weighted by molar-refractivity contribution is -0.100. The zero-order valence-electron chi connectivity index (χ0n) is 9.33. The Balaban J connectivity index is 1.72. The number of nitrogens with zero attached hydrogens (tertiary/aromatic N) is 3. The highest BCUT2D eigenvalue weighted by molar-refractivity contribution is 5.71.